The standard InChI is InChI=1S/C20H19F7O3S/c1-2-3-13-17(21)18(22,23)19(24,25)20(26,27)31(28,29)30-16-12-8-7-11-15(16)14-9-5-4-6-10-14/h4-12,17H,2-3,13H2,1H3. The minimum atomic E-state index is -6.67. The van der Waals surface area contributed by atoms with Gasteiger partial charge in [0, 0.05) is 5.56 Å². The maximum atomic E-state index is 14.3. The van der Waals surface area contributed by atoms with E-state index in [1.165, 1.54) is 49.4 Å². The van der Waals surface area contributed by atoms with Crippen molar-refractivity contribution in [3.8, 4) is 16.9 Å². The summed E-state index contributed by atoms with van der Waals surface area (Å²) in [5, 5.41) is -6.43. The van der Waals surface area contributed by atoms with Gasteiger partial charge < -0.3 is 4.18 Å². The molecule has 0 spiro atoms. The number of hydrogen-bond acceptors (Lipinski definition) is 3. The fraction of sp³-hybridized carbons (Fsp3) is 0.400. The molecule has 0 amide bonds. The predicted octanol–water partition coefficient (Wildman–Crippen LogP) is 6.45. The molecule has 31 heavy (non-hydrogen) atoms. The topological polar surface area (TPSA) is 43.4 Å². The Morgan fingerprint density at radius 1 is 0.903 bits per heavy atom. The Morgan fingerprint density at radius 3 is 2.03 bits per heavy atom. The van der Waals surface area contributed by atoms with Crippen molar-refractivity contribution in [1.29, 1.82) is 0 Å². The smallest absolute Gasteiger partial charge is 0.377 e. The van der Waals surface area contributed by atoms with Crippen molar-refractivity contribution < 1.29 is 43.3 Å². The number of hydrogen-bond donors (Lipinski definition) is 0. The van der Waals surface area contributed by atoms with E-state index in [1.54, 1.807) is 6.07 Å². The molecular formula is C20H19F7O3S. The number of para-hydroxylation sites is 1. The first-order chi connectivity index (χ1) is 14.3. The van der Waals surface area contributed by atoms with E-state index in [-0.39, 0.29) is 24.0 Å². The van der Waals surface area contributed by atoms with Gasteiger partial charge in [0.25, 0.3) is 0 Å². The van der Waals surface area contributed by atoms with Gasteiger partial charge >= 0.3 is 27.2 Å². The Balaban J connectivity index is 2.43. The minimum Gasteiger partial charge on any atom is -0.377 e. The van der Waals surface area contributed by atoms with Crippen LogP contribution in [-0.4, -0.2) is 31.7 Å². The number of unbranched alkanes of at least 4 members (excludes halogenated alkanes) is 1. The number of alkyl halides is 7. The molecule has 0 aromatic heterocycles. The summed E-state index contributed by atoms with van der Waals surface area (Å²) in [7, 11) is -6.67. The van der Waals surface area contributed by atoms with Gasteiger partial charge in [0.1, 0.15) is 0 Å². The fourth-order valence-corrected chi connectivity index (χ4v) is 3.61. The maximum absolute atomic E-state index is 14.3. The molecule has 0 heterocycles. The van der Waals surface area contributed by atoms with E-state index in [0.29, 0.717) is 0 Å². The van der Waals surface area contributed by atoms with Crippen LogP contribution in [0.15, 0.2) is 54.6 Å². The zero-order chi connectivity index (χ0) is 23.5. The average Bonchev–Trinajstić information content (AvgIpc) is 2.72. The lowest BCUT2D eigenvalue weighted by Crippen LogP contribution is -2.61. The monoisotopic (exact) mass is 472 g/mol. The summed E-state index contributed by atoms with van der Waals surface area (Å²) in [6, 6.07) is 12.3. The first kappa shape index (κ1) is 25.0. The molecule has 1 unspecified atom stereocenters. The largest absolute Gasteiger partial charge is 0.449 e. The molecule has 0 radical (unpaired) electrons. The molecule has 0 bridgehead atoms. The normalized spacial score (nSPS) is 14.3. The maximum Gasteiger partial charge on any atom is 0.449 e. The van der Waals surface area contributed by atoms with Crippen molar-refractivity contribution in [3.63, 3.8) is 0 Å². The van der Waals surface area contributed by atoms with E-state index in [0.717, 1.165) is 6.07 Å². The Labute approximate surface area is 175 Å². The van der Waals surface area contributed by atoms with Gasteiger partial charge in [-0.2, -0.15) is 34.8 Å². The van der Waals surface area contributed by atoms with Crippen molar-refractivity contribution >= 4 is 10.1 Å². The molecule has 0 N–H and O–H groups in total. The zero-order valence-electron chi connectivity index (χ0n) is 16.2. The van der Waals surface area contributed by atoms with Crippen LogP contribution in [0.5, 0.6) is 5.75 Å². The number of halogens is 7. The summed E-state index contributed by atoms with van der Waals surface area (Å²) >= 11 is 0. The van der Waals surface area contributed by atoms with Crippen LogP contribution >= 0.6 is 0 Å². The van der Waals surface area contributed by atoms with E-state index < -0.39 is 45.6 Å². The van der Waals surface area contributed by atoms with Gasteiger partial charge in [-0.25, -0.2) is 4.39 Å². The predicted molar refractivity (Wildman–Crippen MR) is 101 cm³/mol. The van der Waals surface area contributed by atoms with Crippen molar-refractivity contribution in [2.45, 2.75) is 49.5 Å². The van der Waals surface area contributed by atoms with Crippen LogP contribution in [0, 0.1) is 0 Å². The second-order valence-corrected chi connectivity index (χ2v) is 8.31. The first-order valence-electron chi connectivity index (χ1n) is 9.15. The van der Waals surface area contributed by atoms with E-state index in [1.807, 2.05) is 0 Å². The summed E-state index contributed by atoms with van der Waals surface area (Å²) in [6.07, 6.45) is -4.98. The molecule has 0 aliphatic rings. The van der Waals surface area contributed by atoms with Gasteiger partial charge in [-0.15, -0.1) is 0 Å². The molecule has 0 fully saturated rings. The quantitative estimate of drug-likeness (QED) is 0.295. The van der Waals surface area contributed by atoms with E-state index >= 15 is 0 Å². The minimum absolute atomic E-state index is 0.0659. The fourth-order valence-electron chi connectivity index (χ4n) is 2.68. The molecule has 1 atom stereocenters. The lowest BCUT2D eigenvalue weighted by atomic mass is 10.0. The molecule has 2 rings (SSSR count). The van der Waals surface area contributed by atoms with Crippen molar-refractivity contribution in [1.82, 2.24) is 0 Å². The van der Waals surface area contributed by atoms with E-state index in [4.69, 9.17) is 0 Å². The highest BCUT2D eigenvalue weighted by molar-refractivity contribution is 7.88. The molecule has 2 aromatic rings. The van der Waals surface area contributed by atoms with Gasteiger partial charge in [-0.3, -0.25) is 0 Å². The van der Waals surface area contributed by atoms with Gasteiger partial charge in [0.05, 0.1) is 0 Å². The SMILES string of the molecule is CCCCC(F)C(F)(F)C(F)(F)C(F)(F)S(=O)(=O)Oc1ccccc1-c1ccccc1. The van der Waals surface area contributed by atoms with Crippen LogP contribution in [0.25, 0.3) is 11.1 Å². The van der Waals surface area contributed by atoms with Crippen LogP contribution < -0.4 is 4.18 Å². The molecule has 172 valence electrons. The van der Waals surface area contributed by atoms with E-state index in [9.17, 15) is 39.2 Å². The lowest BCUT2D eigenvalue weighted by Gasteiger charge is -2.33. The molecule has 3 nitrogen and oxygen atoms in total. The second-order valence-electron chi connectivity index (χ2n) is 6.72. The van der Waals surface area contributed by atoms with Gasteiger partial charge in [-0.05, 0) is 18.1 Å². The zero-order valence-corrected chi connectivity index (χ0v) is 17.0. The van der Waals surface area contributed by atoms with Gasteiger partial charge in [-0.1, -0.05) is 68.3 Å². The van der Waals surface area contributed by atoms with Crippen molar-refractivity contribution in [2.24, 2.45) is 0 Å². The number of rotatable bonds is 10. The Bertz CT molecular complexity index is 979. The summed E-state index contributed by atoms with van der Waals surface area (Å²) in [4.78, 5) is 0. The van der Waals surface area contributed by atoms with Crippen LogP contribution in [0.2, 0.25) is 0 Å². The molecular weight excluding hydrogens is 453 g/mol. The van der Waals surface area contributed by atoms with Crippen LogP contribution in [0.3, 0.4) is 0 Å². The third-order valence-electron chi connectivity index (χ3n) is 4.47. The molecule has 2 aromatic carbocycles. The summed E-state index contributed by atoms with van der Waals surface area (Å²) in [5.41, 5.74) is 0.223. The Morgan fingerprint density at radius 2 is 1.45 bits per heavy atom. The van der Waals surface area contributed by atoms with Gasteiger partial charge in [0.15, 0.2) is 11.9 Å². The molecule has 0 aliphatic carbocycles. The highest BCUT2D eigenvalue weighted by Gasteiger charge is 2.80. The summed E-state index contributed by atoms with van der Waals surface area (Å²) in [5.74, 6) is -13.3. The third-order valence-corrected chi connectivity index (χ3v) is 5.76. The van der Waals surface area contributed by atoms with Gasteiger partial charge in [0.2, 0.25) is 0 Å². The third kappa shape index (κ3) is 4.65. The lowest BCUT2D eigenvalue weighted by molar-refractivity contribution is -0.300. The molecule has 0 saturated carbocycles. The Hall–Kier alpha value is -2.30. The van der Waals surface area contributed by atoms with Crippen LogP contribution in [-0.2, 0) is 10.1 Å². The molecule has 0 aliphatic heterocycles. The molecule has 0 saturated heterocycles. The number of benzene rings is 2. The Kier molecular flexibility index (Phi) is 7.29. The molecule has 11 heteroatoms. The van der Waals surface area contributed by atoms with E-state index in [2.05, 4.69) is 4.18 Å². The van der Waals surface area contributed by atoms with Crippen LogP contribution in [0.4, 0.5) is 30.7 Å². The first-order valence-corrected chi connectivity index (χ1v) is 10.6. The van der Waals surface area contributed by atoms with Crippen molar-refractivity contribution in [3.05, 3.63) is 54.6 Å². The summed E-state index contributed by atoms with van der Waals surface area (Å²) < 4.78 is 126. The highest BCUT2D eigenvalue weighted by Crippen LogP contribution is 2.52. The summed E-state index contributed by atoms with van der Waals surface area (Å²) in [6.45, 7) is 1.44. The average molecular weight is 472 g/mol. The van der Waals surface area contributed by atoms with Crippen LogP contribution in [0.1, 0.15) is 26.2 Å². The van der Waals surface area contributed by atoms with Crippen molar-refractivity contribution in [2.75, 3.05) is 0 Å². The second kappa shape index (κ2) is 9.05. The highest BCUT2D eigenvalue weighted by atomic mass is 32.2.